The van der Waals surface area contributed by atoms with E-state index in [4.69, 9.17) is 14.2 Å². The maximum Gasteiger partial charge on any atom is 0.306 e. The van der Waals surface area contributed by atoms with E-state index in [0.717, 1.165) is 64.2 Å². The average Bonchev–Trinajstić information content (AvgIpc) is 3.15. The molecule has 0 spiro atoms. The molecular formula is C47H86O6. The van der Waals surface area contributed by atoms with Gasteiger partial charge in [0.25, 0.3) is 0 Å². The van der Waals surface area contributed by atoms with Crippen molar-refractivity contribution in [2.75, 3.05) is 13.2 Å². The molecule has 0 aromatic carbocycles. The molecule has 0 fully saturated rings. The number of esters is 3. The van der Waals surface area contributed by atoms with Gasteiger partial charge in [0.15, 0.2) is 6.10 Å². The minimum absolute atomic E-state index is 0.0714. The molecule has 6 heteroatoms. The van der Waals surface area contributed by atoms with Crippen LogP contribution < -0.4 is 0 Å². The van der Waals surface area contributed by atoms with Crippen LogP contribution in [0.4, 0.5) is 0 Å². The molecular weight excluding hydrogens is 661 g/mol. The Morgan fingerprint density at radius 1 is 0.377 bits per heavy atom. The lowest BCUT2D eigenvalue weighted by Gasteiger charge is -2.18. The normalized spacial score (nSPS) is 12.1. The van der Waals surface area contributed by atoms with Crippen LogP contribution in [0.3, 0.4) is 0 Å². The molecule has 0 aromatic heterocycles. The van der Waals surface area contributed by atoms with Crippen LogP contribution in [0.25, 0.3) is 0 Å². The molecule has 0 aromatic rings. The number of rotatable bonds is 41. The summed E-state index contributed by atoms with van der Waals surface area (Å²) in [6.07, 6.45) is 45.8. The first-order valence-corrected chi connectivity index (χ1v) is 22.9. The van der Waals surface area contributed by atoms with Crippen molar-refractivity contribution in [3.63, 3.8) is 0 Å². The maximum atomic E-state index is 12.7. The highest BCUT2D eigenvalue weighted by molar-refractivity contribution is 5.71. The van der Waals surface area contributed by atoms with Gasteiger partial charge in [-0.05, 0) is 44.9 Å². The Hall–Kier alpha value is -2.11. The maximum absolute atomic E-state index is 12.7. The van der Waals surface area contributed by atoms with Gasteiger partial charge in [-0.15, -0.1) is 0 Å². The average molecular weight is 747 g/mol. The summed E-state index contributed by atoms with van der Waals surface area (Å²) in [5.74, 6) is -0.881. The zero-order chi connectivity index (χ0) is 38.7. The molecule has 0 amide bonds. The van der Waals surface area contributed by atoms with Gasteiger partial charge in [0.05, 0.1) is 0 Å². The predicted octanol–water partition coefficient (Wildman–Crippen LogP) is 14.4. The molecule has 6 nitrogen and oxygen atoms in total. The molecule has 0 saturated carbocycles. The van der Waals surface area contributed by atoms with Crippen LogP contribution in [0.5, 0.6) is 0 Å². The van der Waals surface area contributed by atoms with Crippen molar-refractivity contribution in [3.8, 4) is 0 Å². The first-order chi connectivity index (χ1) is 26.0. The van der Waals surface area contributed by atoms with Crippen LogP contribution in [0, 0.1) is 0 Å². The monoisotopic (exact) mass is 747 g/mol. The lowest BCUT2D eigenvalue weighted by atomic mass is 10.1. The Morgan fingerprint density at radius 2 is 0.660 bits per heavy atom. The summed E-state index contributed by atoms with van der Waals surface area (Å²) in [5, 5.41) is 0. The molecule has 0 aliphatic rings. The van der Waals surface area contributed by atoms with E-state index in [0.29, 0.717) is 19.3 Å². The molecule has 1 atom stereocenters. The van der Waals surface area contributed by atoms with E-state index in [-0.39, 0.29) is 31.1 Å². The number of ether oxygens (including phenoxy) is 3. The van der Waals surface area contributed by atoms with Crippen LogP contribution in [-0.2, 0) is 28.6 Å². The summed E-state index contributed by atoms with van der Waals surface area (Å²) in [7, 11) is 0. The molecule has 0 bridgehead atoms. The van der Waals surface area contributed by atoms with Gasteiger partial charge in [-0.25, -0.2) is 0 Å². The number of hydrogen-bond acceptors (Lipinski definition) is 6. The van der Waals surface area contributed by atoms with E-state index in [9.17, 15) is 14.4 Å². The van der Waals surface area contributed by atoms with E-state index in [2.05, 4.69) is 45.1 Å². The fraction of sp³-hybridized carbons (Fsp3) is 0.851. The van der Waals surface area contributed by atoms with Gasteiger partial charge in [0.2, 0.25) is 0 Å². The second-order valence-electron chi connectivity index (χ2n) is 15.4. The Balaban J connectivity index is 4.34. The SMILES string of the molecule is CCCCC/C=C\C=C/CCCCCCCCC(=O)OCC(COC(=O)CCCCCCCCCCCC)OC(=O)CCCCCCCCCCCC. The van der Waals surface area contributed by atoms with E-state index in [1.165, 1.54) is 135 Å². The third kappa shape index (κ3) is 40.9. The molecule has 1 unspecified atom stereocenters. The van der Waals surface area contributed by atoms with Crippen molar-refractivity contribution in [1.82, 2.24) is 0 Å². The zero-order valence-corrected chi connectivity index (χ0v) is 35.3. The van der Waals surface area contributed by atoms with Gasteiger partial charge >= 0.3 is 17.9 Å². The first-order valence-electron chi connectivity index (χ1n) is 22.9. The smallest absolute Gasteiger partial charge is 0.306 e. The van der Waals surface area contributed by atoms with Crippen molar-refractivity contribution in [2.45, 2.75) is 245 Å². The molecule has 0 saturated heterocycles. The fourth-order valence-corrected chi connectivity index (χ4v) is 6.49. The molecule has 0 aliphatic carbocycles. The first kappa shape index (κ1) is 50.9. The van der Waals surface area contributed by atoms with Crippen molar-refractivity contribution in [2.24, 2.45) is 0 Å². The molecule has 0 radical (unpaired) electrons. The van der Waals surface area contributed by atoms with E-state index in [1.54, 1.807) is 0 Å². The highest BCUT2D eigenvalue weighted by Gasteiger charge is 2.19. The largest absolute Gasteiger partial charge is 0.462 e. The van der Waals surface area contributed by atoms with E-state index in [1.807, 2.05) is 0 Å². The van der Waals surface area contributed by atoms with Crippen molar-refractivity contribution in [1.29, 1.82) is 0 Å². The van der Waals surface area contributed by atoms with Crippen LogP contribution in [0.2, 0.25) is 0 Å². The standard InChI is InChI=1S/C47H86O6/c1-4-7-10-13-16-19-22-23-24-25-26-29-31-34-37-40-46(49)52-43-44(53-47(50)41-38-35-32-28-21-18-15-12-9-6-3)42-51-45(48)39-36-33-30-27-20-17-14-11-8-5-2/h16,19,22-23,44H,4-15,17-18,20-21,24-43H2,1-3H3/b19-16-,23-22-. The highest BCUT2D eigenvalue weighted by Crippen LogP contribution is 2.15. The van der Waals surface area contributed by atoms with Crippen LogP contribution >= 0.6 is 0 Å². The van der Waals surface area contributed by atoms with Crippen LogP contribution in [0.1, 0.15) is 239 Å². The lowest BCUT2D eigenvalue weighted by molar-refractivity contribution is -0.167. The van der Waals surface area contributed by atoms with Gasteiger partial charge < -0.3 is 14.2 Å². The summed E-state index contributed by atoms with van der Waals surface area (Å²) in [6.45, 7) is 6.57. The Kier molecular flexibility index (Phi) is 40.9. The second kappa shape index (κ2) is 42.6. The highest BCUT2D eigenvalue weighted by atomic mass is 16.6. The number of carbonyl (C=O) groups is 3. The molecule has 0 aliphatic heterocycles. The number of allylic oxidation sites excluding steroid dienone is 4. The Bertz CT molecular complexity index is 865. The van der Waals surface area contributed by atoms with Gasteiger partial charge in [0.1, 0.15) is 13.2 Å². The fourth-order valence-electron chi connectivity index (χ4n) is 6.49. The zero-order valence-electron chi connectivity index (χ0n) is 35.3. The quantitative estimate of drug-likeness (QED) is 0.0268. The van der Waals surface area contributed by atoms with E-state index < -0.39 is 6.10 Å². The van der Waals surface area contributed by atoms with Gasteiger partial charge in [-0.2, -0.15) is 0 Å². The summed E-state index contributed by atoms with van der Waals surface area (Å²) in [5.41, 5.74) is 0. The van der Waals surface area contributed by atoms with Gasteiger partial charge in [-0.3, -0.25) is 14.4 Å². The van der Waals surface area contributed by atoms with Gasteiger partial charge in [-0.1, -0.05) is 199 Å². The third-order valence-corrected chi connectivity index (χ3v) is 9.99. The third-order valence-electron chi connectivity index (χ3n) is 9.99. The van der Waals surface area contributed by atoms with Crippen molar-refractivity contribution >= 4 is 17.9 Å². The molecule has 0 N–H and O–H groups in total. The minimum Gasteiger partial charge on any atom is -0.462 e. The lowest BCUT2D eigenvalue weighted by Crippen LogP contribution is -2.30. The summed E-state index contributed by atoms with van der Waals surface area (Å²) in [6, 6.07) is 0. The molecule has 310 valence electrons. The Morgan fingerprint density at radius 3 is 1.04 bits per heavy atom. The number of hydrogen-bond donors (Lipinski definition) is 0. The second-order valence-corrected chi connectivity index (χ2v) is 15.4. The number of carbonyl (C=O) groups excluding carboxylic acids is 3. The summed E-state index contributed by atoms with van der Waals surface area (Å²) >= 11 is 0. The number of unbranched alkanes of at least 4 members (excludes halogenated alkanes) is 27. The van der Waals surface area contributed by atoms with E-state index >= 15 is 0 Å². The molecule has 0 rings (SSSR count). The van der Waals surface area contributed by atoms with Crippen molar-refractivity contribution < 1.29 is 28.6 Å². The minimum atomic E-state index is -0.767. The van der Waals surface area contributed by atoms with Crippen LogP contribution in [0.15, 0.2) is 24.3 Å². The summed E-state index contributed by atoms with van der Waals surface area (Å²) < 4.78 is 16.7. The van der Waals surface area contributed by atoms with Gasteiger partial charge in [0, 0.05) is 19.3 Å². The summed E-state index contributed by atoms with van der Waals surface area (Å²) in [4.78, 5) is 37.6. The van der Waals surface area contributed by atoms with Crippen LogP contribution in [-0.4, -0.2) is 37.2 Å². The molecule has 53 heavy (non-hydrogen) atoms. The van der Waals surface area contributed by atoms with Crippen molar-refractivity contribution in [3.05, 3.63) is 24.3 Å². The predicted molar refractivity (Wildman–Crippen MR) is 224 cm³/mol. The Labute approximate surface area is 328 Å². The molecule has 0 heterocycles. The topological polar surface area (TPSA) is 78.9 Å².